The second-order valence-electron chi connectivity index (χ2n) is 3.16. The van der Waals surface area contributed by atoms with Crippen LogP contribution in [0.4, 0.5) is 0 Å². The van der Waals surface area contributed by atoms with Gasteiger partial charge in [0.25, 0.3) is 5.56 Å². The van der Waals surface area contributed by atoms with Gasteiger partial charge in [-0.2, -0.15) is 10.5 Å². The number of pyridine rings is 1. The van der Waals surface area contributed by atoms with Gasteiger partial charge in [0.15, 0.2) is 0 Å². The SMILES string of the molecule is N#CCC(O)C(O)c1c[nH]c(=O)c(C#N)c1. The fraction of sp³-hybridized carbons (Fsp3) is 0.300. The Labute approximate surface area is 91.0 Å². The second kappa shape index (κ2) is 5.08. The lowest BCUT2D eigenvalue weighted by Gasteiger charge is -2.15. The number of H-pyrrole nitrogens is 1. The van der Waals surface area contributed by atoms with Gasteiger partial charge >= 0.3 is 0 Å². The molecular weight excluding hydrogens is 210 g/mol. The summed E-state index contributed by atoms with van der Waals surface area (Å²) in [7, 11) is 0. The molecule has 0 radical (unpaired) electrons. The topological polar surface area (TPSA) is 121 Å². The van der Waals surface area contributed by atoms with Gasteiger partial charge in [0, 0.05) is 11.8 Å². The maximum Gasteiger partial charge on any atom is 0.265 e. The number of nitrogens with one attached hydrogen (secondary N) is 1. The number of hydrogen-bond acceptors (Lipinski definition) is 5. The molecule has 0 saturated carbocycles. The molecule has 0 spiro atoms. The minimum atomic E-state index is -1.30. The molecule has 0 bridgehead atoms. The number of nitrogens with zero attached hydrogens (tertiary/aromatic N) is 2. The van der Waals surface area contributed by atoms with Crippen molar-refractivity contribution in [3.05, 3.63) is 33.7 Å². The maximum atomic E-state index is 11.0. The van der Waals surface area contributed by atoms with Crippen LogP contribution in [0.15, 0.2) is 17.1 Å². The van der Waals surface area contributed by atoms with Gasteiger partial charge in [0.1, 0.15) is 17.7 Å². The number of nitriles is 2. The van der Waals surface area contributed by atoms with Gasteiger partial charge in [-0.15, -0.1) is 0 Å². The number of hydrogen-bond donors (Lipinski definition) is 3. The first kappa shape index (κ1) is 11.9. The number of aliphatic hydroxyl groups excluding tert-OH is 2. The van der Waals surface area contributed by atoms with Gasteiger partial charge in [-0.05, 0) is 6.07 Å². The molecule has 1 rings (SSSR count). The van der Waals surface area contributed by atoms with Gasteiger partial charge in [0.2, 0.25) is 0 Å². The summed E-state index contributed by atoms with van der Waals surface area (Å²) in [5.74, 6) is 0. The number of rotatable bonds is 3. The summed E-state index contributed by atoms with van der Waals surface area (Å²) in [6.45, 7) is 0. The molecule has 82 valence electrons. The first-order valence-electron chi connectivity index (χ1n) is 4.46. The lowest BCUT2D eigenvalue weighted by molar-refractivity contribution is 0.0214. The molecule has 0 amide bonds. The third-order valence-corrected chi connectivity index (χ3v) is 2.05. The molecule has 3 N–H and O–H groups in total. The number of aromatic amines is 1. The molecule has 0 saturated heterocycles. The van der Waals surface area contributed by atoms with E-state index in [1.165, 1.54) is 12.3 Å². The van der Waals surface area contributed by atoms with Crippen molar-refractivity contribution < 1.29 is 10.2 Å². The van der Waals surface area contributed by atoms with E-state index < -0.39 is 17.8 Å². The molecule has 6 nitrogen and oxygen atoms in total. The van der Waals surface area contributed by atoms with Crippen molar-refractivity contribution in [2.24, 2.45) is 0 Å². The van der Waals surface area contributed by atoms with Crippen LogP contribution in [0.3, 0.4) is 0 Å². The predicted molar refractivity (Wildman–Crippen MR) is 53.0 cm³/mol. The molecule has 1 heterocycles. The van der Waals surface area contributed by atoms with E-state index in [1.54, 1.807) is 12.1 Å². The number of aliphatic hydroxyl groups is 2. The lowest BCUT2D eigenvalue weighted by Crippen LogP contribution is -2.20. The van der Waals surface area contributed by atoms with Crippen LogP contribution < -0.4 is 5.56 Å². The van der Waals surface area contributed by atoms with Gasteiger partial charge in [-0.25, -0.2) is 0 Å². The van der Waals surface area contributed by atoms with E-state index in [0.29, 0.717) is 0 Å². The van der Waals surface area contributed by atoms with Crippen molar-refractivity contribution >= 4 is 0 Å². The van der Waals surface area contributed by atoms with Crippen molar-refractivity contribution in [1.29, 1.82) is 10.5 Å². The van der Waals surface area contributed by atoms with Crippen LogP contribution >= 0.6 is 0 Å². The van der Waals surface area contributed by atoms with E-state index in [1.807, 2.05) is 0 Å². The van der Waals surface area contributed by atoms with Gasteiger partial charge in [0.05, 0.1) is 18.6 Å². The second-order valence-corrected chi connectivity index (χ2v) is 3.16. The third-order valence-electron chi connectivity index (χ3n) is 2.05. The average molecular weight is 219 g/mol. The molecule has 0 aromatic carbocycles. The summed E-state index contributed by atoms with van der Waals surface area (Å²) >= 11 is 0. The van der Waals surface area contributed by atoms with Crippen LogP contribution in [0.2, 0.25) is 0 Å². The van der Waals surface area contributed by atoms with Crippen molar-refractivity contribution in [1.82, 2.24) is 4.98 Å². The Balaban J connectivity index is 3.02. The Kier molecular flexibility index (Phi) is 3.78. The first-order chi connectivity index (χ1) is 7.60. The first-order valence-corrected chi connectivity index (χ1v) is 4.46. The highest BCUT2D eigenvalue weighted by atomic mass is 16.3. The van der Waals surface area contributed by atoms with Crippen LogP contribution in [0.1, 0.15) is 23.7 Å². The molecule has 0 fully saturated rings. The zero-order valence-electron chi connectivity index (χ0n) is 8.21. The Morgan fingerprint density at radius 2 is 2.12 bits per heavy atom. The molecule has 0 aliphatic carbocycles. The summed E-state index contributed by atoms with van der Waals surface area (Å²) in [6, 6.07) is 4.56. The molecule has 2 atom stereocenters. The van der Waals surface area contributed by atoms with Crippen molar-refractivity contribution in [3.8, 4) is 12.1 Å². The third kappa shape index (κ3) is 2.45. The molecule has 2 unspecified atom stereocenters. The Morgan fingerprint density at radius 3 is 2.69 bits per heavy atom. The smallest absolute Gasteiger partial charge is 0.265 e. The van der Waals surface area contributed by atoms with E-state index in [2.05, 4.69) is 4.98 Å². The van der Waals surface area contributed by atoms with Crippen LogP contribution in [0, 0.1) is 22.7 Å². The fourth-order valence-electron chi connectivity index (χ4n) is 1.18. The van der Waals surface area contributed by atoms with Crippen LogP contribution in [0.5, 0.6) is 0 Å². The highest BCUT2D eigenvalue weighted by Crippen LogP contribution is 2.17. The normalized spacial score (nSPS) is 13.5. The molecule has 0 aliphatic heterocycles. The zero-order chi connectivity index (χ0) is 12.1. The number of aromatic nitrogens is 1. The van der Waals surface area contributed by atoms with E-state index >= 15 is 0 Å². The van der Waals surface area contributed by atoms with Crippen LogP contribution in [-0.2, 0) is 0 Å². The average Bonchev–Trinajstić information content (AvgIpc) is 2.29. The van der Waals surface area contributed by atoms with E-state index in [9.17, 15) is 15.0 Å². The maximum absolute atomic E-state index is 11.0. The standard InChI is InChI=1S/C10H9N3O3/c11-2-1-8(14)9(15)7-3-6(4-12)10(16)13-5-7/h3,5,8-9,14-15H,1H2,(H,13,16). The minimum absolute atomic E-state index is 0.152. The fourth-order valence-corrected chi connectivity index (χ4v) is 1.18. The minimum Gasteiger partial charge on any atom is -0.389 e. The summed E-state index contributed by atoms with van der Waals surface area (Å²) in [5, 5.41) is 35.9. The Bertz CT molecular complexity index is 509. The Morgan fingerprint density at radius 1 is 1.44 bits per heavy atom. The van der Waals surface area contributed by atoms with Gasteiger partial charge in [-0.3, -0.25) is 4.79 Å². The lowest BCUT2D eigenvalue weighted by atomic mass is 10.0. The van der Waals surface area contributed by atoms with E-state index in [4.69, 9.17) is 10.5 Å². The summed E-state index contributed by atoms with van der Waals surface area (Å²) < 4.78 is 0. The highest BCUT2D eigenvalue weighted by molar-refractivity contribution is 5.30. The predicted octanol–water partition coefficient (Wildman–Crippen LogP) is -0.445. The zero-order valence-corrected chi connectivity index (χ0v) is 8.21. The van der Waals surface area contributed by atoms with Gasteiger partial charge < -0.3 is 15.2 Å². The van der Waals surface area contributed by atoms with Crippen LogP contribution in [-0.4, -0.2) is 21.3 Å². The molecular formula is C10H9N3O3. The Hall–Kier alpha value is -2.15. The molecule has 16 heavy (non-hydrogen) atoms. The molecule has 1 aromatic rings. The van der Waals surface area contributed by atoms with Crippen molar-refractivity contribution in [3.63, 3.8) is 0 Å². The molecule has 0 aliphatic rings. The van der Waals surface area contributed by atoms with Gasteiger partial charge in [-0.1, -0.05) is 0 Å². The van der Waals surface area contributed by atoms with Crippen LogP contribution in [0.25, 0.3) is 0 Å². The quantitative estimate of drug-likeness (QED) is 0.636. The molecule has 1 aromatic heterocycles. The summed E-state index contributed by atoms with van der Waals surface area (Å²) in [4.78, 5) is 13.3. The summed E-state index contributed by atoms with van der Waals surface area (Å²) in [6.07, 6.45) is -1.58. The van der Waals surface area contributed by atoms with Crippen molar-refractivity contribution in [2.75, 3.05) is 0 Å². The van der Waals surface area contributed by atoms with E-state index in [0.717, 1.165) is 0 Å². The summed E-state index contributed by atoms with van der Waals surface area (Å²) in [5.41, 5.74) is -0.521. The molecule has 6 heteroatoms. The highest BCUT2D eigenvalue weighted by Gasteiger charge is 2.19. The largest absolute Gasteiger partial charge is 0.389 e. The van der Waals surface area contributed by atoms with Crippen molar-refractivity contribution in [2.45, 2.75) is 18.6 Å². The monoisotopic (exact) mass is 219 g/mol. The van der Waals surface area contributed by atoms with E-state index in [-0.39, 0.29) is 17.5 Å².